The fraction of sp³-hybridized carbons (Fsp3) is 0.467. The van der Waals surface area contributed by atoms with E-state index in [1.807, 2.05) is 20.8 Å². The third-order valence-corrected chi connectivity index (χ3v) is 3.34. The third kappa shape index (κ3) is 4.36. The number of anilines is 1. The molecule has 1 fully saturated rings. The SMILES string of the molecule is CC(C)(C)NC(=O)N[C@H]1CC(=O)N(c2ccc(Cl)cc2)C1. The van der Waals surface area contributed by atoms with E-state index >= 15 is 0 Å². The Labute approximate surface area is 129 Å². The van der Waals surface area contributed by atoms with Crippen LogP contribution in [0.3, 0.4) is 0 Å². The van der Waals surface area contributed by atoms with Crippen LogP contribution in [0.5, 0.6) is 0 Å². The topological polar surface area (TPSA) is 61.4 Å². The molecule has 0 bridgehead atoms. The van der Waals surface area contributed by atoms with E-state index in [2.05, 4.69) is 10.6 Å². The van der Waals surface area contributed by atoms with Crippen molar-refractivity contribution in [2.75, 3.05) is 11.4 Å². The van der Waals surface area contributed by atoms with Gasteiger partial charge in [0.15, 0.2) is 0 Å². The Morgan fingerprint density at radius 2 is 1.90 bits per heavy atom. The van der Waals surface area contributed by atoms with Gasteiger partial charge in [0.25, 0.3) is 0 Å². The van der Waals surface area contributed by atoms with Crippen molar-refractivity contribution in [1.29, 1.82) is 0 Å². The Balaban J connectivity index is 1.96. The van der Waals surface area contributed by atoms with Crippen LogP contribution in [0.2, 0.25) is 5.02 Å². The standard InChI is InChI=1S/C15H20ClN3O2/c1-15(2,3)18-14(21)17-11-8-13(20)19(9-11)12-6-4-10(16)5-7-12/h4-7,11H,8-9H2,1-3H3,(H2,17,18,21)/t11-/m0/s1. The normalized spacial score (nSPS) is 18.8. The molecule has 1 saturated heterocycles. The van der Waals surface area contributed by atoms with Gasteiger partial charge in [0, 0.05) is 29.2 Å². The first-order chi connectivity index (χ1) is 9.74. The summed E-state index contributed by atoms with van der Waals surface area (Å²) in [5, 5.41) is 6.29. The molecule has 1 aromatic carbocycles. The number of benzene rings is 1. The number of nitrogens with zero attached hydrogens (tertiary/aromatic N) is 1. The molecule has 1 aromatic rings. The first-order valence-electron chi connectivity index (χ1n) is 6.89. The highest BCUT2D eigenvalue weighted by atomic mass is 35.5. The number of nitrogens with one attached hydrogen (secondary N) is 2. The third-order valence-electron chi connectivity index (χ3n) is 3.09. The Hall–Kier alpha value is -1.75. The van der Waals surface area contributed by atoms with Crippen LogP contribution in [0.15, 0.2) is 24.3 Å². The van der Waals surface area contributed by atoms with Gasteiger partial charge in [-0.05, 0) is 45.0 Å². The van der Waals surface area contributed by atoms with Crippen molar-refractivity contribution in [2.45, 2.75) is 38.8 Å². The molecule has 1 atom stereocenters. The summed E-state index contributed by atoms with van der Waals surface area (Å²) in [6.45, 7) is 6.20. The largest absolute Gasteiger partial charge is 0.334 e. The first kappa shape index (κ1) is 15.6. The van der Waals surface area contributed by atoms with Gasteiger partial charge in [-0.1, -0.05) is 11.6 Å². The number of amides is 3. The molecular formula is C15H20ClN3O2. The van der Waals surface area contributed by atoms with Crippen LogP contribution in [0.25, 0.3) is 0 Å². The van der Waals surface area contributed by atoms with Gasteiger partial charge in [-0.25, -0.2) is 4.79 Å². The average Bonchev–Trinajstić information content (AvgIpc) is 2.68. The van der Waals surface area contributed by atoms with Crippen LogP contribution in [-0.2, 0) is 4.79 Å². The molecule has 1 aliphatic heterocycles. The summed E-state index contributed by atoms with van der Waals surface area (Å²) in [4.78, 5) is 25.6. The number of hydrogen-bond donors (Lipinski definition) is 2. The minimum atomic E-state index is -0.303. The molecule has 3 amide bonds. The van der Waals surface area contributed by atoms with Crippen LogP contribution >= 0.6 is 11.6 Å². The van der Waals surface area contributed by atoms with E-state index in [0.29, 0.717) is 18.0 Å². The van der Waals surface area contributed by atoms with Crippen LogP contribution < -0.4 is 15.5 Å². The molecule has 6 heteroatoms. The van der Waals surface area contributed by atoms with Gasteiger partial charge in [-0.3, -0.25) is 4.79 Å². The highest BCUT2D eigenvalue weighted by molar-refractivity contribution is 6.30. The summed E-state index contributed by atoms with van der Waals surface area (Å²) in [5.74, 6) is -0.00150. The van der Waals surface area contributed by atoms with Gasteiger partial charge in [0.05, 0.1) is 6.04 Å². The van der Waals surface area contributed by atoms with Crippen molar-refractivity contribution >= 4 is 29.2 Å². The molecule has 0 aliphatic carbocycles. The molecule has 21 heavy (non-hydrogen) atoms. The molecular weight excluding hydrogens is 290 g/mol. The van der Waals surface area contributed by atoms with E-state index in [0.717, 1.165) is 5.69 Å². The second-order valence-corrected chi connectivity index (χ2v) is 6.67. The zero-order valence-electron chi connectivity index (χ0n) is 12.4. The van der Waals surface area contributed by atoms with Crippen molar-refractivity contribution in [3.05, 3.63) is 29.3 Å². The monoisotopic (exact) mass is 309 g/mol. The van der Waals surface area contributed by atoms with Gasteiger partial charge in [-0.15, -0.1) is 0 Å². The van der Waals surface area contributed by atoms with Crippen LogP contribution in [-0.4, -0.2) is 30.1 Å². The first-order valence-corrected chi connectivity index (χ1v) is 7.27. The number of carbonyl (C=O) groups is 2. The molecule has 5 nitrogen and oxygen atoms in total. The fourth-order valence-corrected chi connectivity index (χ4v) is 2.36. The van der Waals surface area contributed by atoms with Crippen LogP contribution in [0.1, 0.15) is 27.2 Å². The molecule has 1 aliphatic rings. The van der Waals surface area contributed by atoms with Gasteiger partial charge in [-0.2, -0.15) is 0 Å². The van der Waals surface area contributed by atoms with Gasteiger partial charge < -0.3 is 15.5 Å². The molecule has 0 saturated carbocycles. The van der Waals surface area contributed by atoms with Gasteiger partial charge >= 0.3 is 6.03 Å². The van der Waals surface area contributed by atoms with E-state index in [9.17, 15) is 9.59 Å². The number of carbonyl (C=O) groups excluding carboxylic acids is 2. The lowest BCUT2D eigenvalue weighted by Crippen LogP contribution is -2.50. The van der Waals surface area contributed by atoms with Crippen LogP contribution in [0.4, 0.5) is 10.5 Å². The summed E-state index contributed by atoms with van der Waals surface area (Å²) in [7, 11) is 0. The number of halogens is 1. The number of rotatable bonds is 2. The Morgan fingerprint density at radius 1 is 1.29 bits per heavy atom. The lowest BCUT2D eigenvalue weighted by molar-refractivity contribution is -0.117. The molecule has 0 unspecified atom stereocenters. The maximum atomic E-state index is 12.1. The van der Waals surface area contributed by atoms with Crippen molar-refractivity contribution in [1.82, 2.24) is 10.6 Å². The molecule has 2 N–H and O–H groups in total. The summed E-state index contributed by atoms with van der Waals surface area (Å²) < 4.78 is 0. The summed E-state index contributed by atoms with van der Waals surface area (Å²) in [6.07, 6.45) is 0.306. The minimum Gasteiger partial charge on any atom is -0.334 e. The van der Waals surface area contributed by atoms with E-state index in [1.165, 1.54) is 0 Å². The van der Waals surface area contributed by atoms with Crippen molar-refractivity contribution < 1.29 is 9.59 Å². The van der Waals surface area contributed by atoms with Gasteiger partial charge in [0.2, 0.25) is 5.91 Å². The van der Waals surface area contributed by atoms with E-state index in [1.54, 1.807) is 29.2 Å². The summed E-state index contributed by atoms with van der Waals surface area (Å²) in [5.41, 5.74) is 0.493. The maximum Gasteiger partial charge on any atom is 0.315 e. The van der Waals surface area contributed by atoms with Crippen molar-refractivity contribution in [3.8, 4) is 0 Å². The fourth-order valence-electron chi connectivity index (χ4n) is 2.24. The van der Waals surface area contributed by atoms with Gasteiger partial charge in [0.1, 0.15) is 0 Å². The van der Waals surface area contributed by atoms with E-state index in [4.69, 9.17) is 11.6 Å². The lowest BCUT2D eigenvalue weighted by Gasteiger charge is -2.22. The molecule has 1 heterocycles. The molecule has 0 aromatic heterocycles. The van der Waals surface area contributed by atoms with E-state index in [-0.39, 0.29) is 23.5 Å². The smallest absolute Gasteiger partial charge is 0.315 e. The Morgan fingerprint density at radius 3 is 2.48 bits per heavy atom. The quantitative estimate of drug-likeness (QED) is 0.882. The molecule has 2 rings (SSSR count). The molecule has 0 spiro atoms. The van der Waals surface area contributed by atoms with Crippen LogP contribution in [0, 0.1) is 0 Å². The summed E-state index contributed by atoms with van der Waals surface area (Å²) in [6, 6.07) is 6.67. The Kier molecular flexibility index (Phi) is 4.42. The van der Waals surface area contributed by atoms with E-state index < -0.39 is 0 Å². The summed E-state index contributed by atoms with van der Waals surface area (Å²) >= 11 is 5.85. The zero-order chi connectivity index (χ0) is 15.6. The zero-order valence-corrected chi connectivity index (χ0v) is 13.2. The lowest BCUT2D eigenvalue weighted by atomic mass is 10.1. The molecule has 114 valence electrons. The highest BCUT2D eigenvalue weighted by Gasteiger charge is 2.32. The second kappa shape index (κ2) is 5.93. The molecule has 0 radical (unpaired) electrons. The minimum absolute atomic E-state index is 0.00150. The predicted octanol–water partition coefficient (Wildman–Crippen LogP) is 2.54. The Bertz CT molecular complexity index is 537. The highest BCUT2D eigenvalue weighted by Crippen LogP contribution is 2.23. The van der Waals surface area contributed by atoms with Crippen molar-refractivity contribution in [3.63, 3.8) is 0 Å². The maximum absolute atomic E-state index is 12.1. The number of hydrogen-bond acceptors (Lipinski definition) is 2. The predicted molar refractivity (Wildman–Crippen MR) is 83.6 cm³/mol. The number of urea groups is 1. The second-order valence-electron chi connectivity index (χ2n) is 6.23. The average molecular weight is 310 g/mol. The van der Waals surface area contributed by atoms with Crippen molar-refractivity contribution in [2.24, 2.45) is 0 Å².